The number of benzene rings is 2. The average molecular weight is 398 g/mol. The molecule has 1 unspecified atom stereocenters. The van der Waals surface area contributed by atoms with E-state index in [1.807, 2.05) is 45.0 Å². The van der Waals surface area contributed by atoms with Crippen LogP contribution in [-0.2, 0) is 16.4 Å². The van der Waals surface area contributed by atoms with Gasteiger partial charge in [0.15, 0.2) is 5.76 Å². The van der Waals surface area contributed by atoms with Crippen molar-refractivity contribution in [3.8, 4) is 17.1 Å². The molecule has 1 aliphatic heterocycles. The second kappa shape index (κ2) is 6.67. The molecule has 146 valence electrons. The van der Waals surface area contributed by atoms with Crippen molar-refractivity contribution in [2.24, 2.45) is 0 Å². The number of nitrogens with zero attached hydrogens (tertiary/aromatic N) is 2. The molecule has 6 nitrogen and oxygen atoms in total. The third-order valence-corrected chi connectivity index (χ3v) is 7.21. The van der Waals surface area contributed by atoms with Crippen LogP contribution in [0.15, 0.2) is 51.9 Å². The molecule has 2 heterocycles. The first-order chi connectivity index (χ1) is 13.3. The largest absolute Gasteiger partial charge is 0.495 e. The van der Waals surface area contributed by atoms with Gasteiger partial charge >= 0.3 is 0 Å². The van der Waals surface area contributed by atoms with Crippen LogP contribution in [0.5, 0.6) is 5.75 Å². The molecule has 7 heteroatoms. The number of aromatic nitrogens is 1. The minimum Gasteiger partial charge on any atom is -0.495 e. The number of fused-ring (bicyclic) bond motifs is 1. The van der Waals surface area contributed by atoms with E-state index in [1.165, 1.54) is 11.4 Å². The summed E-state index contributed by atoms with van der Waals surface area (Å²) in [5, 5.41) is 3.98. The van der Waals surface area contributed by atoms with Gasteiger partial charge in [0.05, 0.1) is 18.5 Å². The fraction of sp³-hybridized carbons (Fsp3) is 0.286. The van der Waals surface area contributed by atoms with Gasteiger partial charge in [0, 0.05) is 17.2 Å². The van der Waals surface area contributed by atoms with Gasteiger partial charge in [-0.1, -0.05) is 23.4 Å². The molecule has 1 atom stereocenters. The predicted octanol–water partition coefficient (Wildman–Crippen LogP) is 4.11. The topological polar surface area (TPSA) is 72.6 Å². The zero-order valence-corrected chi connectivity index (χ0v) is 17.1. The van der Waals surface area contributed by atoms with E-state index in [-0.39, 0.29) is 10.9 Å². The molecule has 3 aromatic rings. The fourth-order valence-corrected chi connectivity index (χ4v) is 5.59. The highest BCUT2D eigenvalue weighted by atomic mass is 32.2. The Morgan fingerprint density at radius 1 is 1.18 bits per heavy atom. The van der Waals surface area contributed by atoms with E-state index in [1.54, 1.807) is 18.2 Å². The van der Waals surface area contributed by atoms with E-state index in [9.17, 15) is 8.42 Å². The van der Waals surface area contributed by atoms with E-state index in [0.717, 1.165) is 16.8 Å². The molecule has 1 aliphatic rings. The Bertz CT molecular complexity index is 1150. The number of hydrogen-bond donors (Lipinski definition) is 0. The smallest absolute Gasteiger partial charge is 0.268 e. The molecular weight excluding hydrogens is 376 g/mol. The van der Waals surface area contributed by atoms with Crippen molar-refractivity contribution < 1.29 is 17.7 Å². The van der Waals surface area contributed by atoms with E-state index < -0.39 is 10.0 Å². The number of rotatable bonds is 4. The second-order valence-corrected chi connectivity index (χ2v) is 8.85. The monoisotopic (exact) mass is 398 g/mol. The molecule has 4 rings (SSSR count). The van der Waals surface area contributed by atoms with Gasteiger partial charge in [-0.3, -0.25) is 4.31 Å². The molecule has 0 saturated heterocycles. The first kappa shape index (κ1) is 18.6. The van der Waals surface area contributed by atoms with Crippen LogP contribution in [0.25, 0.3) is 11.3 Å². The van der Waals surface area contributed by atoms with Gasteiger partial charge in [-0.2, -0.15) is 0 Å². The Morgan fingerprint density at radius 2 is 1.93 bits per heavy atom. The van der Waals surface area contributed by atoms with Crippen LogP contribution in [0, 0.1) is 13.8 Å². The predicted molar refractivity (Wildman–Crippen MR) is 107 cm³/mol. The average Bonchev–Trinajstić information content (AvgIpc) is 3.20. The number of para-hydroxylation sites is 1. The molecule has 0 amide bonds. The Balaban J connectivity index is 1.88. The maximum Gasteiger partial charge on any atom is 0.268 e. The number of methoxy groups -OCH3 is 1. The van der Waals surface area contributed by atoms with E-state index >= 15 is 0 Å². The van der Waals surface area contributed by atoms with Gasteiger partial charge in [-0.15, -0.1) is 0 Å². The lowest BCUT2D eigenvalue weighted by atomic mass is 10.1. The number of aryl methyl sites for hydroxylation is 1. The lowest BCUT2D eigenvalue weighted by molar-refractivity contribution is 0.402. The fourth-order valence-electron chi connectivity index (χ4n) is 3.71. The molecule has 1 aromatic heterocycles. The van der Waals surface area contributed by atoms with Crippen LogP contribution in [-0.4, -0.2) is 26.7 Å². The van der Waals surface area contributed by atoms with Crippen LogP contribution < -0.4 is 9.04 Å². The van der Waals surface area contributed by atoms with Crippen LogP contribution in [0.3, 0.4) is 0 Å². The first-order valence-corrected chi connectivity index (χ1v) is 10.5. The third-order valence-electron chi connectivity index (χ3n) is 5.26. The summed E-state index contributed by atoms with van der Waals surface area (Å²) in [6.07, 6.45) is 0.678. The molecule has 0 saturated carbocycles. The van der Waals surface area contributed by atoms with Crippen molar-refractivity contribution in [2.45, 2.75) is 38.1 Å². The van der Waals surface area contributed by atoms with Gasteiger partial charge in [-0.25, -0.2) is 8.42 Å². The number of hydrogen-bond acceptors (Lipinski definition) is 5. The molecule has 0 fully saturated rings. The van der Waals surface area contributed by atoms with Gasteiger partial charge in [0.1, 0.15) is 10.6 Å². The lowest BCUT2D eigenvalue weighted by Crippen LogP contribution is -2.35. The highest BCUT2D eigenvalue weighted by Gasteiger charge is 2.37. The second-order valence-electron chi connectivity index (χ2n) is 7.07. The van der Waals surface area contributed by atoms with Crippen LogP contribution in [0.1, 0.15) is 23.7 Å². The summed E-state index contributed by atoms with van der Waals surface area (Å²) in [6, 6.07) is 12.5. The van der Waals surface area contributed by atoms with Crippen molar-refractivity contribution in [2.75, 3.05) is 11.4 Å². The first-order valence-electron chi connectivity index (χ1n) is 9.08. The molecule has 0 aliphatic carbocycles. The third kappa shape index (κ3) is 2.77. The summed E-state index contributed by atoms with van der Waals surface area (Å²) in [4.78, 5) is 0.115. The van der Waals surface area contributed by atoms with Gasteiger partial charge < -0.3 is 9.26 Å². The minimum atomic E-state index is -3.83. The summed E-state index contributed by atoms with van der Waals surface area (Å²) in [5.74, 6) is 0.862. The van der Waals surface area contributed by atoms with Crippen LogP contribution in [0.4, 0.5) is 5.69 Å². The van der Waals surface area contributed by atoms with Crippen molar-refractivity contribution in [3.63, 3.8) is 0 Å². The zero-order chi connectivity index (χ0) is 20.1. The number of anilines is 1. The molecule has 0 N–H and O–H groups in total. The minimum absolute atomic E-state index is 0.115. The maximum absolute atomic E-state index is 13.7. The Labute approximate surface area is 164 Å². The van der Waals surface area contributed by atoms with Gasteiger partial charge in [0.25, 0.3) is 10.0 Å². The molecule has 2 aromatic carbocycles. The van der Waals surface area contributed by atoms with E-state index in [2.05, 4.69) is 5.16 Å². The van der Waals surface area contributed by atoms with Crippen LogP contribution >= 0.6 is 0 Å². The van der Waals surface area contributed by atoms with Crippen molar-refractivity contribution in [1.29, 1.82) is 0 Å². The molecular formula is C21H22N2O4S. The van der Waals surface area contributed by atoms with E-state index in [4.69, 9.17) is 9.26 Å². The summed E-state index contributed by atoms with van der Waals surface area (Å²) in [5.41, 5.74) is 4.05. The van der Waals surface area contributed by atoms with Gasteiger partial charge in [-0.05, 0) is 57.0 Å². The highest BCUT2D eigenvalue weighted by Crippen LogP contribution is 2.40. The zero-order valence-electron chi connectivity index (χ0n) is 16.3. The van der Waals surface area contributed by atoms with Gasteiger partial charge in [0.2, 0.25) is 0 Å². The molecule has 0 spiro atoms. The quantitative estimate of drug-likeness (QED) is 0.661. The summed E-state index contributed by atoms with van der Waals surface area (Å²) in [6.45, 7) is 5.67. The highest BCUT2D eigenvalue weighted by molar-refractivity contribution is 7.93. The SMILES string of the molecule is COc1ccc(-c2onc(C)c2C)cc1S(=O)(=O)N1c2ccccc2CC1C. The molecule has 0 bridgehead atoms. The van der Waals surface area contributed by atoms with Crippen molar-refractivity contribution in [3.05, 3.63) is 59.3 Å². The number of sulfonamides is 1. The molecule has 0 radical (unpaired) electrons. The summed E-state index contributed by atoms with van der Waals surface area (Å²) >= 11 is 0. The molecule has 28 heavy (non-hydrogen) atoms. The Hall–Kier alpha value is -2.80. The Kier molecular flexibility index (Phi) is 4.42. The maximum atomic E-state index is 13.7. The number of ether oxygens (including phenoxy) is 1. The normalized spacial score (nSPS) is 16.3. The summed E-state index contributed by atoms with van der Waals surface area (Å²) < 4.78 is 39.6. The van der Waals surface area contributed by atoms with Crippen molar-refractivity contribution in [1.82, 2.24) is 5.16 Å². The van der Waals surface area contributed by atoms with E-state index in [0.29, 0.717) is 29.2 Å². The van der Waals surface area contributed by atoms with Crippen molar-refractivity contribution >= 4 is 15.7 Å². The lowest BCUT2D eigenvalue weighted by Gasteiger charge is -2.25. The standard InChI is InChI=1S/C21H22N2O4S/c1-13-11-16-7-5-6-8-18(16)23(13)28(24,25)20-12-17(9-10-19(20)26-4)21-14(2)15(3)22-27-21/h5-10,12-13H,11H2,1-4H3. The van der Waals surface area contributed by atoms with Crippen LogP contribution in [0.2, 0.25) is 0 Å². The Morgan fingerprint density at radius 3 is 2.61 bits per heavy atom. The summed E-state index contributed by atoms with van der Waals surface area (Å²) in [7, 11) is -2.36.